The summed E-state index contributed by atoms with van der Waals surface area (Å²) in [7, 11) is 0. The van der Waals surface area contributed by atoms with Gasteiger partial charge in [0.1, 0.15) is 0 Å². The van der Waals surface area contributed by atoms with Crippen LogP contribution < -0.4 is 25.3 Å². The van der Waals surface area contributed by atoms with Gasteiger partial charge in [-0.15, -0.1) is 0 Å². The van der Waals surface area contributed by atoms with Crippen LogP contribution >= 0.6 is 0 Å². The first-order valence-corrected chi connectivity index (χ1v) is 30.6. The number of anilines is 13. The molecule has 0 aliphatic rings. The van der Waals surface area contributed by atoms with Crippen molar-refractivity contribution in [1.82, 2.24) is 0 Å². The lowest BCUT2D eigenvalue weighted by Crippen LogP contribution is -2.13. The standard InChI is InChI=1S/C78H83N5/c1-7-11-15-60-23-37-67(38-24-60)80(65-33-19-58(5)20-34-65)72-47-49-74(50-48-72)82(69-41-27-62(28-42-69)17-13-9-3)71-45-31-64(32-46-71)77-56-55-76(57-78(77)79)83(70-43-29-63(30-44-70)18-14-10-4)75-53-51-73(52-54-75)81(66-35-21-59(6)22-36-66)68-39-25-61(26-40-68)16-12-8-2/h19-57H,7-18,79H2,1-6H3. The van der Waals surface area contributed by atoms with Crippen LogP contribution in [-0.4, -0.2) is 0 Å². The van der Waals surface area contributed by atoms with Gasteiger partial charge in [0.2, 0.25) is 0 Å². The Bertz CT molecular complexity index is 3590. The molecule has 0 saturated carbocycles. The molecule has 0 aromatic heterocycles. The Hall–Kier alpha value is -8.80. The van der Waals surface area contributed by atoms with Crippen LogP contribution in [0.4, 0.5) is 73.9 Å². The van der Waals surface area contributed by atoms with Gasteiger partial charge in [0, 0.05) is 79.5 Å². The van der Waals surface area contributed by atoms with E-state index in [1.54, 1.807) is 0 Å². The van der Waals surface area contributed by atoms with Crippen molar-refractivity contribution in [3.05, 3.63) is 270 Å². The summed E-state index contributed by atoms with van der Waals surface area (Å²) in [5.41, 5.74) is 31.0. The van der Waals surface area contributed by atoms with Gasteiger partial charge in [-0.3, -0.25) is 0 Å². The predicted molar refractivity (Wildman–Crippen MR) is 359 cm³/mol. The summed E-state index contributed by atoms with van der Waals surface area (Å²) in [5, 5.41) is 0. The van der Waals surface area contributed by atoms with Crippen molar-refractivity contribution >= 4 is 73.9 Å². The fourth-order valence-electron chi connectivity index (χ4n) is 11.2. The number of hydrogen-bond donors (Lipinski definition) is 1. The zero-order valence-electron chi connectivity index (χ0n) is 49.9. The molecule has 10 aromatic rings. The molecule has 0 unspecified atom stereocenters. The fraction of sp³-hybridized carbons (Fsp3) is 0.231. The Morgan fingerprint density at radius 2 is 0.458 bits per heavy atom. The van der Waals surface area contributed by atoms with E-state index in [4.69, 9.17) is 5.73 Å². The van der Waals surface area contributed by atoms with Crippen LogP contribution in [0.3, 0.4) is 0 Å². The number of nitrogens with two attached hydrogens (primary N) is 1. The highest BCUT2D eigenvalue weighted by Gasteiger charge is 2.20. The van der Waals surface area contributed by atoms with Gasteiger partial charge >= 0.3 is 0 Å². The second kappa shape index (κ2) is 27.8. The predicted octanol–water partition coefficient (Wildman–Crippen LogP) is 22.8. The Kier molecular flexibility index (Phi) is 19.2. The molecule has 0 aliphatic carbocycles. The molecule has 2 N–H and O–H groups in total. The second-order valence-electron chi connectivity index (χ2n) is 22.4. The number of nitrogens with zero attached hydrogens (tertiary/aromatic N) is 4. The van der Waals surface area contributed by atoms with E-state index in [9.17, 15) is 0 Å². The van der Waals surface area contributed by atoms with E-state index < -0.39 is 0 Å². The number of hydrogen-bond acceptors (Lipinski definition) is 5. The molecule has 0 bridgehead atoms. The summed E-state index contributed by atoms with van der Waals surface area (Å²) in [6, 6.07) is 87.5. The molecule has 0 radical (unpaired) electrons. The monoisotopic (exact) mass is 1090 g/mol. The normalized spacial score (nSPS) is 11.2. The highest BCUT2D eigenvalue weighted by Crippen LogP contribution is 2.44. The summed E-state index contributed by atoms with van der Waals surface area (Å²) in [6.45, 7) is 13.3. The molecule has 0 spiro atoms. The lowest BCUT2D eigenvalue weighted by molar-refractivity contribution is 0.795. The largest absolute Gasteiger partial charge is 0.398 e. The third-order valence-corrected chi connectivity index (χ3v) is 16.1. The molecule has 83 heavy (non-hydrogen) atoms. The van der Waals surface area contributed by atoms with E-state index in [0.29, 0.717) is 5.69 Å². The minimum Gasteiger partial charge on any atom is -0.398 e. The molecule has 0 heterocycles. The van der Waals surface area contributed by atoms with E-state index >= 15 is 0 Å². The van der Waals surface area contributed by atoms with Crippen molar-refractivity contribution in [2.75, 3.05) is 25.3 Å². The maximum absolute atomic E-state index is 7.20. The summed E-state index contributed by atoms with van der Waals surface area (Å²) < 4.78 is 0. The smallest absolute Gasteiger partial charge is 0.0482 e. The number of benzene rings is 10. The third kappa shape index (κ3) is 14.1. The van der Waals surface area contributed by atoms with Gasteiger partial charge in [-0.05, 0) is 239 Å². The van der Waals surface area contributed by atoms with Gasteiger partial charge in [0.25, 0.3) is 0 Å². The molecule has 0 saturated heterocycles. The molecule has 0 atom stereocenters. The molecule has 0 fully saturated rings. The highest BCUT2D eigenvalue weighted by molar-refractivity contribution is 5.88. The Morgan fingerprint density at radius 1 is 0.253 bits per heavy atom. The topological polar surface area (TPSA) is 39.0 Å². The van der Waals surface area contributed by atoms with Crippen LogP contribution in [0.1, 0.15) is 112 Å². The van der Waals surface area contributed by atoms with Crippen LogP contribution in [0, 0.1) is 13.8 Å². The zero-order valence-corrected chi connectivity index (χ0v) is 49.9. The van der Waals surface area contributed by atoms with E-state index in [0.717, 1.165) is 105 Å². The first-order valence-electron chi connectivity index (χ1n) is 30.6. The van der Waals surface area contributed by atoms with Crippen LogP contribution in [0.5, 0.6) is 0 Å². The maximum atomic E-state index is 7.20. The van der Waals surface area contributed by atoms with Gasteiger partial charge in [-0.25, -0.2) is 0 Å². The molecule has 0 amide bonds. The van der Waals surface area contributed by atoms with Crippen molar-refractivity contribution in [3.63, 3.8) is 0 Å². The van der Waals surface area contributed by atoms with Crippen molar-refractivity contribution in [2.24, 2.45) is 0 Å². The lowest BCUT2D eigenvalue weighted by atomic mass is 10.0. The minimum atomic E-state index is 0.716. The Labute approximate surface area is 496 Å². The third-order valence-electron chi connectivity index (χ3n) is 16.1. The van der Waals surface area contributed by atoms with Crippen molar-refractivity contribution < 1.29 is 0 Å². The van der Waals surface area contributed by atoms with Crippen molar-refractivity contribution in [3.8, 4) is 11.1 Å². The Balaban J connectivity index is 0.968. The highest BCUT2D eigenvalue weighted by atomic mass is 15.2. The molecular formula is C78H83N5. The van der Waals surface area contributed by atoms with E-state index in [-0.39, 0.29) is 0 Å². The fourth-order valence-corrected chi connectivity index (χ4v) is 11.2. The SMILES string of the molecule is CCCCc1ccc(N(c2ccc(C)cc2)c2ccc(N(c3ccc(CCCC)cc3)c3ccc(-c4ccc(N(c5ccc(CCCC)cc5)c5ccc(N(c6ccc(C)cc6)c6ccc(CCCC)cc6)cc5)cc4N)cc3)cc2)cc1. The zero-order chi connectivity index (χ0) is 57.5. The van der Waals surface area contributed by atoms with E-state index in [1.165, 1.54) is 84.7 Å². The molecule has 5 nitrogen and oxygen atoms in total. The number of rotatable bonds is 25. The molecular weight excluding hydrogens is 1010 g/mol. The van der Waals surface area contributed by atoms with Gasteiger partial charge in [0.15, 0.2) is 0 Å². The van der Waals surface area contributed by atoms with Crippen molar-refractivity contribution in [2.45, 2.75) is 119 Å². The number of nitrogen functional groups attached to an aromatic ring is 1. The van der Waals surface area contributed by atoms with Crippen LogP contribution in [0.15, 0.2) is 237 Å². The number of aryl methyl sites for hydroxylation is 6. The van der Waals surface area contributed by atoms with Gasteiger partial charge in [0.05, 0.1) is 0 Å². The minimum absolute atomic E-state index is 0.716. The quantitative estimate of drug-likeness (QED) is 0.0578. The molecule has 5 heteroatoms. The maximum Gasteiger partial charge on any atom is 0.0482 e. The Morgan fingerprint density at radius 3 is 0.699 bits per heavy atom. The van der Waals surface area contributed by atoms with Crippen molar-refractivity contribution in [1.29, 1.82) is 0 Å². The van der Waals surface area contributed by atoms with Crippen LogP contribution in [0.2, 0.25) is 0 Å². The van der Waals surface area contributed by atoms with Gasteiger partial charge in [-0.1, -0.05) is 156 Å². The van der Waals surface area contributed by atoms with Gasteiger partial charge in [-0.2, -0.15) is 0 Å². The summed E-state index contributed by atoms with van der Waals surface area (Å²) in [5.74, 6) is 0. The summed E-state index contributed by atoms with van der Waals surface area (Å²) in [6.07, 6.45) is 13.8. The van der Waals surface area contributed by atoms with Gasteiger partial charge < -0.3 is 25.3 Å². The molecule has 10 aromatic carbocycles. The first-order chi connectivity index (χ1) is 40.7. The van der Waals surface area contributed by atoms with Crippen LogP contribution in [-0.2, 0) is 25.7 Å². The number of unbranched alkanes of at least 4 members (excludes halogenated alkanes) is 4. The molecule has 420 valence electrons. The molecule has 10 rings (SSSR count). The summed E-state index contributed by atoms with van der Waals surface area (Å²) >= 11 is 0. The lowest BCUT2D eigenvalue weighted by Gasteiger charge is -2.29. The summed E-state index contributed by atoms with van der Waals surface area (Å²) in [4.78, 5) is 9.41. The first kappa shape index (κ1) is 57.4. The average molecular weight is 1090 g/mol. The average Bonchev–Trinajstić information content (AvgIpc) is 3.72. The van der Waals surface area contributed by atoms with E-state index in [2.05, 4.69) is 298 Å². The second-order valence-corrected chi connectivity index (χ2v) is 22.4. The van der Waals surface area contributed by atoms with E-state index in [1.807, 2.05) is 0 Å². The van der Waals surface area contributed by atoms with Crippen LogP contribution in [0.25, 0.3) is 11.1 Å². The molecule has 0 aliphatic heterocycles.